The monoisotopic (exact) mass is 256 g/mol. The van der Waals surface area contributed by atoms with Crippen LogP contribution in [0.25, 0.3) is 0 Å². The lowest BCUT2D eigenvalue weighted by molar-refractivity contribution is -0.125. The molecule has 2 atom stereocenters. The third-order valence-electron chi connectivity index (χ3n) is 3.94. The Morgan fingerprint density at radius 3 is 2.17 bits per heavy atom. The van der Waals surface area contributed by atoms with Crippen LogP contribution in [0.4, 0.5) is 0 Å². The van der Waals surface area contributed by atoms with Gasteiger partial charge in [0.25, 0.3) is 0 Å². The summed E-state index contributed by atoms with van der Waals surface area (Å²) in [7, 11) is 0. The molecule has 0 rings (SSSR count). The average Bonchev–Trinajstić information content (AvgIpc) is 2.38. The van der Waals surface area contributed by atoms with Crippen LogP contribution in [0.5, 0.6) is 0 Å². The molecule has 2 unspecified atom stereocenters. The summed E-state index contributed by atoms with van der Waals surface area (Å²) >= 11 is 0. The Labute approximate surface area is 113 Å². The number of nitrogens with two attached hydrogens (primary N) is 1. The van der Waals surface area contributed by atoms with Crippen molar-refractivity contribution in [3.8, 4) is 0 Å². The van der Waals surface area contributed by atoms with Gasteiger partial charge in [0.2, 0.25) is 5.91 Å². The van der Waals surface area contributed by atoms with Crippen molar-refractivity contribution < 1.29 is 4.79 Å². The maximum absolute atomic E-state index is 12.0. The van der Waals surface area contributed by atoms with Gasteiger partial charge in [-0.25, -0.2) is 0 Å². The summed E-state index contributed by atoms with van der Waals surface area (Å²) in [6.07, 6.45) is 6.37. The van der Waals surface area contributed by atoms with Crippen molar-refractivity contribution in [2.75, 3.05) is 6.54 Å². The third-order valence-corrected chi connectivity index (χ3v) is 3.94. The van der Waals surface area contributed by atoms with Crippen LogP contribution in [0.1, 0.15) is 66.2 Å². The van der Waals surface area contributed by atoms with E-state index in [0.29, 0.717) is 12.5 Å². The van der Waals surface area contributed by atoms with Crippen molar-refractivity contribution in [1.29, 1.82) is 0 Å². The molecular weight excluding hydrogens is 224 g/mol. The molecule has 3 nitrogen and oxygen atoms in total. The second-order valence-electron chi connectivity index (χ2n) is 5.23. The van der Waals surface area contributed by atoms with E-state index in [2.05, 4.69) is 33.0 Å². The van der Waals surface area contributed by atoms with Crippen molar-refractivity contribution in [2.24, 2.45) is 17.6 Å². The highest BCUT2D eigenvalue weighted by atomic mass is 16.1. The van der Waals surface area contributed by atoms with E-state index in [-0.39, 0.29) is 17.9 Å². The van der Waals surface area contributed by atoms with Gasteiger partial charge < -0.3 is 11.1 Å². The topological polar surface area (TPSA) is 55.1 Å². The zero-order valence-electron chi connectivity index (χ0n) is 12.7. The number of hydrogen-bond donors (Lipinski definition) is 2. The second kappa shape index (κ2) is 10.4. The van der Waals surface area contributed by atoms with Gasteiger partial charge in [-0.1, -0.05) is 53.4 Å². The number of nitrogens with one attached hydrogen (secondary N) is 1. The van der Waals surface area contributed by atoms with E-state index >= 15 is 0 Å². The lowest BCUT2D eigenvalue weighted by Gasteiger charge is -2.23. The molecule has 18 heavy (non-hydrogen) atoms. The Kier molecular flexibility index (Phi) is 10.0. The van der Waals surface area contributed by atoms with Crippen LogP contribution in [0.2, 0.25) is 0 Å². The van der Waals surface area contributed by atoms with Crippen LogP contribution in [-0.2, 0) is 4.79 Å². The van der Waals surface area contributed by atoms with Gasteiger partial charge in [0.05, 0.1) is 0 Å². The van der Waals surface area contributed by atoms with E-state index in [4.69, 9.17) is 5.73 Å². The summed E-state index contributed by atoms with van der Waals surface area (Å²) in [5.41, 5.74) is 6.11. The van der Waals surface area contributed by atoms with Crippen molar-refractivity contribution in [2.45, 2.75) is 72.3 Å². The number of hydrogen-bond acceptors (Lipinski definition) is 2. The summed E-state index contributed by atoms with van der Waals surface area (Å²) in [4.78, 5) is 12.0. The zero-order valence-corrected chi connectivity index (χ0v) is 12.7. The molecule has 0 aromatic carbocycles. The number of carbonyl (C=O) groups excluding carboxylic acids is 1. The fourth-order valence-electron chi connectivity index (χ4n) is 2.39. The highest BCUT2D eigenvalue weighted by molar-refractivity contribution is 5.78. The normalized spacial score (nSPS) is 14.6. The van der Waals surface area contributed by atoms with Gasteiger partial charge in [0, 0.05) is 18.5 Å². The smallest absolute Gasteiger partial charge is 0.223 e. The van der Waals surface area contributed by atoms with Crippen molar-refractivity contribution in [1.82, 2.24) is 5.32 Å². The minimum absolute atomic E-state index is 0.0904. The van der Waals surface area contributed by atoms with Gasteiger partial charge in [-0.2, -0.15) is 0 Å². The molecule has 0 heterocycles. The molecule has 0 aliphatic rings. The van der Waals surface area contributed by atoms with Crippen LogP contribution >= 0.6 is 0 Å². The first-order valence-corrected chi connectivity index (χ1v) is 7.63. The molecule has 0 aliphatic carbocycles. The maximum Gasteiger partial charge on any atom is 0.223 e. The van der Waals surface area contributed by atoms with Crippen LogP contribution in [-0.4, -0.2) is 18.5 Å². The second-order valence-corrected chi connectivity index (χ2v) is 5.23. The molecule has 3 heteroatoms. The maximum atomic E-state index is 12.0. The lowest BCUT2D eigenvalue weighted by atomic mass is 9.94. The van der Waals surface area contributed by atoms with Gasteiger partial charge >= 0.3 is 0 Å². The van der Waals surface area contributed by atoms with E-state index in [1.165, 1.54) is 0 Å². The fourth-order valence-corrected chi connectivity index (χ4v) is 2.39. The Hall–Kier alpha value is -0.570. The molecule has 1 amide bonds. The van der Waals surface area contributed by atoms with Crippen molar-refractivity contribution in [3.63, 3.8) is 0 Å². The molecule has 0 fully saturated rings. The summed E-state index contributed by atoms with van der Waals surface area (Å²) in [5.74, 6) is 0.868. The van der Waals surface area contributed by atoms with Crippen LogP contribution in [0.3, 0.4) is 0 Å². The van der Waals surface area contributed by atoms with E-state index in [0.717, 1.165) is 38.5 Å². The molecule has 0 radical (unpaired) electrons. The summed E-state index contributed by atoms with van der Waals surface area (Å²) in [6.45, 7) is 9.18. The van der Waals surface area contributed by atoms with E-state index in [1.807, 2.05) is 0 Å². The molecule has 0 bridgehead atoms. The fraction of sp³-hybridized carbons (Fsp3) is 0.933. The Bertz CT molecular complexity index is 215. The molecule has 0 saturated heterocycles. The number of amides is 1. The summed E-state index contributed by atoms with van der Waals surface area (Å²) in [5, 5.41) is 3.03. The highest BCUT2D eigenvalue weighted by Gasteiger charge is 2.18. The lowest BCUT2D eigenvalue weighted by Crippen LogP contribution is -2.43. The Balaban J connectivity index is 4.06. The molecule has 0 aliphatic heterocycles. The molecule has 108 valence electrons. The third kappa shape index (κ3) is 6.39. The number of unbranched alkanes of at least 4 members (excludes halogenated alkanes) is 1. The molecule has 0 aromatic heterocycles. The Morgan fingerprint density at radius 2 is 1.72 bits per heavy atom. The molecule has 3 N–H and O–H groups in total. The Morgan fingerprint density at radius 1 is 1.11 bits per heavy atom. The predicted octanol–water partition coefficient (Wildman–Crippen LogP) is 3.08. The van der Waals surface area contributed by atoms with Gasteiger partial charge in [-0.05, 0) is 18.8 Å². The van der Waals surface area contributed by atoms with Crippen molar-refractivity contribution >= 4 is 5.91 Å². The van der Waals surface area contributed by atoms with Crippen LogP contribution in [0, 0.1) is 11.8 Å². The molecular formula is C15H32N2O. The van der Waals surface area contributed by atoms with Crippen LogP contribution < -0.4 is 11.1 Å². The quantitative estimate of drug-likeness (QED) is 0.631. The average molecular weight is 256 g/mol. The summed E-state index contributed by atoms with van der Waals surface area (Å²) < 4.78 is 0. The predicted molar refractivity (Wildman–Crippen MR) is 78.4 cm³/mol. The first kappa shape index (κ1) is 17.4. The van der Waals surface area contributed by atoms with Gasteiger partial charge in [0.1, 0.15) is 0 Å². The van der Waals surface area contributed by atoms with Crippen LogP contribution in [0.15, 0.2) is 0 Å². The first-order chi connectivity index (χ1) is 8.60. The zero-order chi connectivity index (χ0) is 14.0. The van der Waals surface area contributed by atoms with Crippen molar-refractivity contribution in [3.05, 3.63) is 0 Å². The SMILES string of the molecule is CCCCC(CC)C(=O)NCC(N)C(CC)CC. The molecule has 0 aromatic rings. The first-order valence-electron chi connectivity index (χ1n) is 7.63. The van der Waals surface area contributed by atoms with Gasteiger partial charge in [-0.3, -0.25) is 4.79 Å². The van der Waals surface area contributed by atoms with E-state index in [9.17, 15) is 4.79 Å². The largest absolute Gasteiger partial charge is 0.354 e. The molecule has 0 spiro atoms. The summed E-state index contributed by atoms with van der Waals surface area (Å²) in [6, 6.07) is 0.0904. The van der Waals surface area contributed by atoms with Gasteiger partial charge in [-0.15, -0.1) is 0 Å². The van der Waals surface area contributed by atoms with E-state index in [1.54, 1.807) is 0 Å². The number of rotatable bonds is 10. The minimum atomic E-state index is 0.0904. The molecule has 0 saturated carbocycles. The standard InChI is InChI=1S/C15H32N2O/c1-5-9-10-13(8-4)15(18)17-11-14(16)12(6-2)7-3/h12-14H,5-11,16H2,1-4H3,(H,17,18). The highest BCUT2D eigenvalue weighted by Crippen LogP contribution is 2.14. The number of carbonyl (C=O) groups is 1. The minimum Gasteiger partial charge on any atom is -0.354 e. The van der Waals surface area contributed by atoms with E-state index < -0.39 is 0 Å². The van der Waals surface area contributed by atoms with Gasteiger partial charge in [0.15, 0.2) is 0 Å².